The molecule has 3 aromatic heterocycles. The first-order valence-electron chi connectivity index (χ1n) is 5.08. The molecule has 0 fully saturated rings. The zero-order valence-electron chi connectivity index (χ0n) is 8.59. The molecular weight excluding hydrogens is 238 g/mol. The van der Waals surface area contributed by atoms with Crippen LogP contribution in [0.3, 0.4) is 0 Å². The molecule has 82 valence electrons. The molecule has 16 heavy (non-hydrogen) atoms. The van der Waals surface area contributed by atoms with Gasteiger partial charge in [-0.3, -0.25) is 4.40 Å². The highest BCUT2D eigenvalue weighted by Crippen LogP contribution is 2.30. The molecule has 0 bridgehead atoms. The number of thiophene rings is 1. The number of thiazole rings is 1. The molecule has 0 radical (unpaired) electrons. The van der Waals surface area contributed by atoms with E-state index in [-0.39, 0.29) is 0 Å². The second-order valence-corrected chi connectivity index (χ2v) is 5.32. The average molecular weight is 249 g/mol. The smallest absolute Gasteiger partial charge is 0.120 e. The summed E-state index contributed by atoms with van der Waals surface area (Å²) in [6, 6.07) is 4.21. The third-order valence-corrected chi connectivity index (χ3v) is 4.24. The van der Waals surface area contributed by atoms with Crippen LogP contribution in [-0.4, -0.2) is 15.9 Å². The van der Waals surface area contributed by atoms with Crippen LogP contribution >= 0.6 is 22.7 Å². The number of nitrogens with two attached hydrogens (primary N) is 1. The van der Waals surface area contributed by atoms with E-state index < -0.39 is 0 Å². The zero-order valence-corrected chi connectivity index (χ0v) is 10.2. The summed E-state index contributed by atoms with van der Waals surface area (Å²) in [6.45, 7) is 0.638. The molecule has 3 heterocycles. The van der Waals surface area contributed by atoms with Crippen LogP contribution in [0.4, 0.5) is 0 Å². The van der Waals surface area contributed by atoms with E-state index in [2.05, 4.69) is 32.3 Å². The van der Waals surface area contributed by atoms with Crippen molar-refractivity contribution in [2.45, 2.75) is 6.42 Å². The van der Waals surface area contributed by atoms with Gasteiger partial charge in [-0.25, -0.2) is 4.98 Å². The van der Waals surface area contributed by atoms with Crippen molar-refractivity contribution in [3.63, 3.8) is 0 Å². The lowest BCUT2D eigenvalue weighted by Crippen LogP contribution is -2.06. The standard InChI is InChI=1S/C11H11N3S2/c12-4-3-10-13-6-11-14(10)8(7-16-11)9-2-1-5-15-9/h1-2,5-7H,3-4,12H2. The van der Waals surface area contributed by atoms with E-state index in [0.29, 0.717) is 6.54 Å². The molecule has 0 unspecified atom stereocenters. The van der Waals surface area contributed by atoms with Crippen molar-refractivity contribution in [1.82, 2.24) is 9.38 Å². The number of hydrogen-bond acceptors (Lipinski definition) is 4. The molecule has 3 nitrogen and oxygen atoms in total. The molecule has 0 aliphatic carbocycles. The molecule has 3 aromatic rings. The fourth-order valence-corrected chi connectivity index (χ4v) is 3.47. The fourth-order valence-electron chi connectivity index (χ4n) is 1.78. The minimum absolute atomic E-state index is 0.638. The minimum Gasteiger partial charge on any atom is -0.330 e. The maximum absolute atomic E-state index is 5.60. The summed E-state index contributed by atoms with van der Waals surface area (Å²) in [4.78, 5) is 6.88. The average Bonchev–Trinajstić information content (AvgIpc) is 2.94. The maximum atomic E-state index is 5.60. The van der Waals surface area contributed by atoms with Crippen LogP contribution in [0.1, 0.15) is 5.82 Å². The molecule has 0 aromatic carbocycles. The predicted octanol–water partition coefficient (Wildman–Crippen LogP) is 2.63. The van der Waals surface area contributed by atoms with Gasteiger partial charge in [-0.05, 0) is 18.0 Å². The second kappa shape index (κ2) is 4.01. The minimum atomic E-state index is 0.638. The van der Waals surface area contributed by atoms with E-state index in [1.54, 1.807) is 22.7 Å². The molecule has 5 heteroatoms. The van der Waals surface area contributed by atoms with Gasteiger partial charge in [-0.2, -0.15) is 0 Å². The first kappa shape index (κ1) is 10.0. The topological polar surface area (TPSA) is 43.3 Å². The predicted molar refractivity (Wildman–Crippen MR) is 69.1 cm³/mol. The summed E-state index contributed by atoms with van der Waals surface area (Å²) < 4.78 is 2.21. The Morgan fingerprint density at radius 1 is 1.38 bits per heavy atom. The van der Waals surface area contributed by atoms with Crippen molar-refractivity contribution in [2.75, 3.05) is 6.54 Å². The summed E-state index contributed by atoms with van der Waals surface area (Å²) in [5, 5.41) is 4.28. The lowest BCUT2D eigenvalue weighted by Gasteiger charge is -2.00. The van der Waals surface area contributed by atoms with Crippen LogP contribution in [0.2, 0.25) is 0 Å². The van der Waals surface area contributed by atoms with Crippen molar-refractivity contribution >= 4 is 27.5 Å². The highest BCUT2D eigenvalue weighted by atomic mass is 32.1. The van der Waals surface area contributed by atoms with E-state index in [1.165, 1.54) is 15.4 Å². The van der Waals surface area contributed by atoms with Gasteiger partial charge in [0.2, 0.25) is 0 Å². The van der Waals surface area contributed by atoms with Gasteiger partial charge in [0.05, 0.1) is 16.8 Å². The number of hydrogen-bond donors (Lipinski definition) is 1. The van der Waals surface area contributed by atoms with Gasteiger partial charge in [0.1, 0.15) is 10.7 Å². The van der Waals surface area contributed by atoms with Crippen molar-refractivity contribution in [3.05, 3.63) is 34.9 Å². The molecule has 2 N–H and O–H groups in total. The Kier molecular flexibility index (Phi) is 2.51. The molecule has 3 rings (SSSR count). The van der Waals surface area contributed by atoms with Crippen LogP contribution < -0.4 is 5.73 Å². The Balaban J connectivity index is 2.21. The van der Waals surface area contributed by atoms with Crippen LogP contribution in [0, 0.1) is 0 Å². The molecule has 0 amide bonds. The highest BCUT2D eigenvalue weighted by Gasteiger charge is 2.11. The van der Waals surface area contributed by atoms with Gasteiger partial charge in [0.15, 0.2) is 0 Å². The van der Waals surface area contributed by atoms with Crippen LogP contribution in [0.25, 0.3) is 15.4 Å². The SMILES string of the molecule is NCCc1ncc2scc(-c3cccs3)n12. The lowest BCUT2D eigenvalue weighted by atomic mass is 10.3. The van der Waals surface area contributed by atoms with Gasteiger partial charge in [0, 0.05) is 11.8 Å². The molecule has 0 spiro atoms. The lowest BCUT2D eigenvalue weighted by molar-refractivity contribution is 0.869. The third-order valence-electron chi connectivity index (χ3n) is 2.48. The molecule has 0 saturated heterocycles. The van der Waals surface area contributed by atoms with Crippen LogP contribution in [0.15, 0.2) is 29.1 Å². The number of aromatic nitrogens is 2. The molecular formula is C11H11N3S2. The highest BCUT2D eigenvalue weighted by molar-refractivity contribution is 7.17. The van der Waals surface area contributed by atoms with Gasteiger partial charge in [0.25, 0.3) is 0 Å². The van der Waals surface area contributed by atoms with Gasteiger partial charge in [-0.15, -0.1) is 22.7 Å². The van der Waals surface area contributed by atoms with E-state index >= 15 is 0 Å². The number of fused-ring (bicyclic) bond motifs is 1. The monoisotopic (exact) mass is 249 g/mol. The van der Waals surface area contributed by atoms with Crippen molar-refractivity contribution < 1.29 is 0 Å². The van der Waals surface area contributed by atoms with E-state index in [4.69, 9.17) is 5.73 Å². The van der Waals surface area contributed by atoms with Crippen molar-refractivity contribution in [1.29, 1.82) is 0 Å². The summed E-state index contributed by atoms with van der Waals surface area (Å²) in [5.41, 5.74) is 6.83. The summed E-state index contributed by atoms with van der Waals surface area (Å²) in [6.07, 6.45) is 2.75. The van der Waals surface area contributed by atoms with Crippen molar-refractivity contribution in [3.8, 4) is 10.6 Å². The number of nitrogens with zero attached hydrogens (tertiary/aromatic N) is 2. The summed E-state index contributed by atoms with van der Waals surface area (Å²) >= 11 is 3.48. The zero-order chi connectivity index (χ0) is 11.0. The third kappa shape index (κ3) is 1.48. The van der Waals surface area contributed by atoms with E-state index in [9.17, 15) is 0 Å². The van der Waals surface area contributed by atoms with Gasteiger partial charge >= 0.3 is 0 Å². The fraction of sp³-hybridized carbons (Fsp3) is 0.182. The van der Waals surface area contributed by atoms with Gasteiger partial charge in [-0.1, -0.05) is 6.07 Å². The first-order chi connectivity index (χ1) is 7.90. The summed E-state index contributed by atoms with van der Waals surface area (Å²) in [5.74, 6) is 1.06. The van der Waals surface area contributed by atoms with Gasteiger partial charge < -0.3 is 5.73 Å². The second-order valence-electron chi connectivity index (χ2n) is 3.48. The molecule has 0 saturated carbocycles. The van der Waals surface area contributed by atoms with Crippen LogP contribution in [0.5, 0.6) is 0 Å². The first-order valence-corrected chi connectivity index (χ1v) is 6.84. The number of rotatable bonds is 3. The molecule has 0 aliphatic heterocycles. The Bertz CT molecular complexity index is 592. The molecule has 0 atom stereocenters. The Morgan fingerprint density at radius 3 is 3.06 bits per heavy atom. The Labute approximate surface area is 101 Å². The van der Waals surface area contributed by atoms with E-state index in [0.717, 1.165) is 12.2 Å². The summed E-state index contributed by atoms with van der Waals surface area (Å²) in [7, 11) is 0. The quantitative estimate of drug-likeness (QED) is 0.775. The largest absolute Gasteiger partial charge is 0.330 e. The van der Waals surface area contributed by atoms with E-state index in [1.807, 2.05) is 6.20 Å². The van der Waals surface area contributed by atoms with Crippen molar-refractivity contribution in [2.24, 2.45) is 5.73 Å². The normalized spacial score (nSPS) is 11.3. The Morgan fingerprint density at radius 2 is 2.31 bits per heavy atom. The Hall–Kier alpha value is -1.17. The van der Waals surface area contributed by atoms with Crippen LogP contribution in [-0.2, 0) is 6.42 Å². The number of imidazole rings is 1. The molecule has 0 aliphatic rings. The maximum Gasteiger partial charge on any atom is 0.120 e.